The van der Waals surface area contributed by atoms with Gasteiger partial charge in [-0.05, 0) is 77.9 Å². The second kappa shape index (κ2) is 7.41. The molecule has 1 saturated carbocycles. The van der Waals surface area contributed by atoms with Crippen molar-refractivity contribution in [2.75, 3.05) is 20.2 Å². The van der Waals surface area contributed by atoms with E-state index in [1.54, 1.807) is 18.4 Å². The van der Waals surface area contributed by atoms with Gasteiger partial charge in [-0.3, -0.25) is 4.79 Å². The van der Waals surface area contributed by atoms with E-state index in [0.717, 1.165) is 37.4 Å². The van der Waals surface area contributed by atoms with Gasteiger partial charge in [0.05, 0.1) is 13.5 Å². The van der Waals surface area contributed by atoms with Crippen molar-refractivity contribution in [1.82, 2.24) is 10.2 Å². The molecule has 1 aliphatic carbocycles. The molecule has 1 saturated heterocycles. The third-order valence-electron chi connectivity index (χ3n) is 5.87. The minimum atomic E-state index is 0.227. The van der Waals surface area contributed by atoms with Crippen LogP contribution in [0.2, 0.25) is 0 Å². The Morgan fingerprint density at radius 2 is 2.15 bits per heavy atom. The Hall–Kier alpha value is -1.85. The molecule has 5 heteroatoms. The van der Waals surface area contributed by atoms with E-state index in [4.69, 9.17) is 4.74 Å². The van der Waals surface area contributed by atoms with Gasteiger partial charge in [-0.2, -0.15) is 11.3 Å². The Morgan fingerprint density at radius 3 is 2.88 bits per heavy atom. The molecule has 1 aliphatic heterocycles. The van der Waals surface area contributed by atoms with Gasteiger partial charge < -0.3 is 15.0 Å². The lowest BCUT2D eigenvalue weighted by molar-refractivity contribution is -0.132. The zero-order valence-corrected chi connectivity index (χ0v) is 16.1. The SMILES string of the molecule is COc1cccc(CC(=O)N(Cc2ccsc2)[C@H]2CC23CCNCC3)c1. The molecule has 0 unspecified atom stereocenters. The van der Waals surface area contributed by atoms with Crippen LogP contribution in [-0.4, -0.2) is 37.0 Å². The molecule has 0 bridgehead atoms. The summed E-state index contributed by atoms with van der Waals surface area (Å²) in [6.45, 7) is 2.88. The fourth-order valence-electron chi connectivity index (χ4n) is 4.24. The van der Waals surface area contributed by atoms with E-state index in [-0.39, 0.29) is 5.91 Å². The molecule has 1 N–H and O–H groups in total. The first-order valence-electron chi connectivity index (χ1n) is 9.34. The fourth-order valence-corrected chi connectivity index (χ4v) is 4.90. The van der Waals surface area contributed by atoms with Gasteiger partial charge >= 0.3 is 0 Å². The van der Waals surface area contributed by atoms with Crippen LogP contribution >= 0.6 is 11.3 Å². The van der Waals surface area contributed by atoms with Gasteiger partial charge in [0.1, 0.15) is 5.75 Å². The van der Waals surface area contributed by atoms with Crippen LogP contribution in [0.1, 0.15) is 30.4 Å². The Morgan fingerprint density at radius 1 is 1.31 bits per heavy atom. The summed E-state index contributed by atoms with van der Waals surface area (Å²) in [7, 11) is 1.66. The number of carbonyl (C=O) groups is 1. The first-order valence-corrected chi connectivity index (χ1v) is 10.3. The predicted molar refractivity (Wildman–Crippen MR) is 105 cm³/mol. The standard InChI is InChI=1S/C21H26N2O2S/c1-25-18-4-2-3-16(11-18)12-20(24)23(14-17-5-10-26-15-17)19-13-21(19)6-8-22-9-7-21/h2-5,10-11,15,19,22H,6-9,12-14H2,1H3/t19-/m0/s1. The van der Waals surface area contributed by atoms with Crippen LogP contribution in [0, 0.1) is 5.41 Å². The molecule has 4 rings (SSSR count). The van der Waals surface area contributed by atoms with E-state index < -0.39 is 0 Å². The van der Waals surface area contributed by atoms with E-state index >= 15 is 0 Å². The number of amides is 1. The third kappa shape index (κ3) is 3.64. The summed E-state index contributed by atoms with van der Waals surface area (Å²) in [6.07, 6.45) is 3.96. The van der Waals surface area contributed by atoms with Crippen LogP contribution in [0.15, 0.2) is 41.1 Å². The summed E-state index contributed by atoms with van der Waals surface area (Å²) in [4.78, 5) is 15.4. The number of carbonyl (C=O) groups excluding carboxylic acids is 1. The highest BCUT2D eigenvalue weighted by Gasteiger charge is 2.57. The van der Waals surface area contributed by atoms with Crippen LogP contribution in [0.5, 0.6) is 5.75 Å². The number of benzene rings is 1. The molecule has 2 aliphatic rings. The number of nitrogens with one attached hydrogen (secondary N) is 1. The van der Waals surface area contributed by atoms with Crippen LogP contribution in [0.25, 0.3) is 0 Å². The highest BCUT2D eigenvalue weighted by molar-refractivity contribution is 7.07. The molecule has 1 spiro atoms. The molecule has 2 heterocycles. The normalized spacial score (nSPS) is 20.7. The number of rotatable bonds is 6. The number of methoxy groups -OCH3 is 1. The maximum Gasteiger partial charge on any atom is 0.227 e. The monoisotopic (exact) mass is 370 g/mol. The summed E-state index contributed by atoms with van der Waals surface area (Å²) in [5.41, 5.74) is 2.61. The topological polar surface area (TPSA) is 41.6 Å². The zero-order chi connectivity index (χ0) is 18.0. The van der Waals surface area contributed by atoms with Crippen molar-refractivity contribution in [3.63, 3.8) is 0 Å². The number of nitrogens with zero attached hydrogens (tertiary/aromatic N) is 1. The molecule has 26 heavy (non-hydrogen) atoms. The number of piperidine rings is 1. The molecule has 1 aromatic heterocycles. The van der Waals surface area contributed by atoms with Gasteiger partial charge in [0.2, 0.25) is 5.91 Å². The Kier molecular flexibility index (Phi) is 5.00. The zero-order valence-electron chi connectivity index (χ0n) is 15.2. The van der Waals surface area contributed by atoms with Crippen LogP contribution in [-0.2, 0) is 17.8 Å². The minimum absolute atomic E-state index is 0.227. The first kappa shape index (κ1) is 17.6. The van der Waals surface area contributed by atoms with Gasteiger partial charge in [0.25, 0.3) is 0 Å². The largest absolute Gasteiger partial charge is 0.497 e. The van der Waals surface area contributed by atoms with Gasteiger partial charge in [0.15, 0.2) is 0 Å². The van der Waals surface area contributed by atoms with Crippen molar-refractivity contribution in [3.8, 4) is 5.75 Å². The Bertz CT molecular complexity index is 753. The van der Waals surface area contributed by atoms with Crippen LogP contribution in [0.3, 0.4) is 0 Å². The van der Waals surface area contributed by atoms with Crippen molar-refractivity contribution in [2.45, 2.75) is 38.3 Å². The summed E-state index contributed by atoms with van der Waals surface area (Å²) in [5.74, 6) is 1.03. The van der Waals surface area contributed by atoms with Gasteiger partial charge in [0, 0.05) is 12.6 Å². The second-order valence-corrected chi connectivity index (χ2v) is 8.29. The molecule has 2 fully saturated rings. The molecule has 1 amide bonds. The van der Waals surface area contributed by atoms with Crippen LogP contribution in [0.4, 0.5) is 0 Å². The quantitative estimate of drug-likeness (QED) is 0.847. The number of hydrogen-bond donors (Lipinski definition) is 1. The summed E-state index contributed by atoms with van der Waals surface area (Å²) in [6, 6.07) is 10.4. The molecular formula is C21H26N2O2S. The van der Waals surface area contributed by atoms with Crippen LogP contribution < -0.4 is 10.1 Å². The summed E-state index contributed by atoms with van der Waals surface area (Å²) < 4.78 is 5.30. The molecule has 1 atom stereocenters. The van der Waals surface area contributed by atoms with Crippen molar-refractivity contribution in [3.05, 3.63) is 52.2 Å². The number of hydrogen-bond acceptors (Lipinski definition) is 4. The molecule has 138 valence electrons. The minimum Gasteiger partial charge on any atom is -0.497 e. The van der Waals surface area contributed by atoms with E-state index in [1.807, 2.05) is 24.3 Å². The van der Waals surface area contributed by atoms with Gasteiger partial charge in [-0.15, -0.1) is 0 Å². The second-order valence-electron chi connectivity index (χ2n) is 7.51. The predicted octanol–water partition coefficient (Wildman–Crippen LogP) is 3.47. The van der Waals surface area contributed by atoms with E-state index in [9.17, 15) is 4.79 Å². The van der Waals surface area contributed by atoms with Crippen molar-refractivity contribution in [1.29, 1.82) is 0 Å². The highest BCUT2D eigenvalue weighted by Crippen LogP contribution is 2.56. The maximum absolute atomic E-state index is 13.2. The summed E-state index contributed by atoms with van der Waals surface area (Å²) >= 11 is 1.70. The lowest BCUT2D eigenvalue weighted by atomic mass is 9.93. The molecule has 0 radical (unpaired) electrons. The van der Waals surface area contributed by atoms with E-state index in [2.05, 4.69) is 27.0 Å². The summed E-state index contributed by atoms with van der Waals surface area (Å²) in [5, 5.41) is 7.70. The smallest absolute Gasteiger partial charge is 0.227 e. The lowest BCUT2D eigenvalue weighted by Gasteiger charge is -2.29. The molecule has 4 nitrogen and oxygen atoms in total. The van der Waals surface area contributed by atoms with E-state index in [1.165, 1.54) is 18.4 Å². The van der Waals surface area contributed by atoms with Crippen molar-refractivity contribution in [2.24, 2.45) is 5.41 Å². The van der Waals surface area contributed by atoms with Crippen molar-refractivity contribution >= 4 is 17.2 Å². The highest BCUT2D eigenvalue weighted by atomic mass is 32.1. The first-order chi connectivity index (χ1) is 12.7. The third-order valence-corrected chi connectivity index (χ3v) is 6.60. The number of ether oxygens (including phenoxy) is 1. The average Bonchev–Trinajstić information content (AvgIpc) is 3.09. The molecule has 2 aromatic rings. The lowest BCUT2D eigenvalue weighted by Crippen LogP contribution is -2.39. The van der Waals surface area contributed by atoms with Crippen molar-refractivity contribution < 1.29 is 9.53 Å². The molecular weight excluding hydrogens is 344 g/mol. The van der Waals surface area contributed by atoms with Gasteiger partial charge in [-0.25, -0.2) is 0 Å². The van der Waals surface area contributed by atoms with Gasteiger partial charge in [-0.1, -0.05) is 12.1 Å². The Labute approximate surface area is 159 Å². The Balaban J connectivity index is 1.51. The fraction of sp³-hybridized carbons (Fsp3) is 0.476. The van der Waals surface area contributed by atoms with E-state index in [0.29, 0.717) is 17.9 Å². The number of thiophene rings is 1. The average molecular weight is 371 g/mol. The maximum atomic E-state index is 13.2. The molecule has 1 aromatic carbocycles.